The van der Waals surface area contributed by atoms with Gasteiger partial charge in [-0.25, -0.2) is 9.18 Å². The van der Waals surface area contributed by atoms with Crippen LogP contribution in [0.1, 0.15) is 23.5 Å². The monoisotopic (exact) mass is 325 g/mol. The van der Waals surface area contributed by atoms with Crippen molar-refractivity contribution in [3.8, 4) is 0 Å². The fourth-order valence-corrected chi connectivity index (χ4v) is 3.32. The lowest BCUT2D eigenvalue weighted by Gasteiger charge is -2.13. The molecule has 0 radical (unpaired) electrons. The molecular weight excluding hydrogens is 309 g/mol. The molecule has 3 amide bonds. The van der Waals surface area contributed by atoms with Crippen molar-refractivity contribution in [1.29, 1.82) is 0 Å². The molecule has 0 bridgehead atoms. The maximum absolute atomic E-state index is 13.4. The Bertz CT molecular complexity index is 796. The predicted octanol–water partition coefficient (Wildman–Crippen LogP) is 2.24. The largest absolute Gasteiger partial charge is 0.325 e. The summed E-state index contributed by atoms with van der Waals surface area (Å²) >= 11 is 0. The van der Waals surface area contributed by atoms with Gasteiger partial charge in [-0.15, -0.1) is 0 Å². The Hall–Kier alpha value is -2.76. The summed E-state index contributed by atoms with van der Waals surface area (Å²) < 4.78 is 13.4. The lowest BCUT2D eigenvalue weighted by Crippen LogP contribution is -2.34. The first-order chi connectivity index (χ1) is 11.6. The molecule has 1 N–H and O–H groups in total. The number of urea groups is 1. The van der Waals surface area contributed by atoms with Gasteiger partial charge in [0, 0.05) is 30.8 Å². The Labute approximate surface area is 138 Å². The van der Waals surface area contributed by atoms with Crippen molar-refractivity contribution in [2.75, 3.05) is 0 Å². The zero-order valence-corrected chi connectivity index (χ0v) is 12.9. The second-order valence-electron chi connectivity index (χ2n) is 6.23. The molecular formula is C18H16FN3O2. The van der Waals surface area contributed by atoms with Gasteiger partial charge < -0.3 is 5.32 Å². The van der Waals surface area contributed by atoms with E-state index in [9.17, 15) is 14.0 Å². The molecule has 2 aliphatic rings. The van der Waals surface area contributed by atoms with Crippen LogP contribution < -0.4 is 5.32 Å². The average Bonchev–Trinajstić information content (AvgIpc) is 3.30. The maximum Gasteiger partial charge on any atom is 0.325 e. The molecule has 3 unspecified atom stereocenters. The summed E-state index contributed by atoms with van der Waals surface area (Å²) in [6, 6.07) is 8.91. The summed E-state index contributed by atoms with van der Waals surface area (Å²) in [5.41, 5.74) is 1.78. The van der Waals surface area contributed by atoms with E-state index >= 15 is 0 Å². The Morgan fingerprint density at radius 1 is 1.21 bits per heavy atom. The third-order valence-electron chi connectivity index (χ3n) is 4.61. The molecule has 1 saturated carbocycles. The van der Waals surface area contributed by atoms with Crippen LogP contribution in [0.4, 0.5) is 9.18 Å². The topological polar surface area (TPSA) is 62.3 Å². The van der Waals surface area contributed by atoms with Gasteiger partial charge in [0.15, 0.2) is 0 Å². The van der Waals surface area contributed by atoms with Crippen LogP contribution in [0.3, 0.4) is 0 Å². The quantitative estimate of drug-likeness (QED) is 0.877. The zero-order valence-electron chi connectivity index (χ0n) is 12.9. The lowest BCUT2D eigenvalue weighted by atomic mass is 10.1. The number of nitrogens with zero attached hydrogens (tertiary/aromatic N) is 2. The van der Waals surface area contributed by atoms with Crippen molar-refractivity contribution >= 4 is 11.9 Å². The van der Waals surface area contributed by atoms with E-state index in [2.05, 4.69) is 10.3 Å². The molecule has 5 nitrogen and oxygen atoms in total. The highest BCUT2D eigenvalue weighted by Crippen LogP contribution is 2.45. The van der Waals surface area contributed by atoms with Crippen LogP contribution in [0.15, 0.2) is 48.8 Å². The number of hydrogen-bond acceptors (Lipinski definition) is 3. The van der Waals surface area contributed by atoms with Gasteiger partial charge in [0.2, 0.25) is 0 Å². The van der Waals surface area contributed by atoms with E-state index in [0.717, 1.165) is 11.1 Å². The number of rotatable bonds is 4. The number of imide groups is 1. The molecule has 122 valence electrons. The summed E-state index contributed by atoms with van der Waals surface area (Å²) in [5.74, 6) is -0.485. The number of nitrogens with one attached hydrogen (secondary N) is 1. The molecule has 24 heavy (non-hydrogen) atoms. The molecule has 2 aromatic rings. The molecule has 0 spiro atoms. The molecule has 1 aromatic carbocycles. The summed E-state index contributed by atoms with van der Waals surface area (Å²) in [4.78, 5) is 30.1. The summed E-state index contributed by atoms with van der Waals surface area (Å²) in [6.07, 6.45) is 4.45. The van der Waals surface area contributed by atoms with Crippen molar-refractivity contribution < 1.29 is 14.0 Å². The van der Waals surface area contributed by atoms with E-state index in [0.29, 0.717) is 12.8 Å². The molecule has 1 aliphatic carbocycles. The van der Waals surface area contributed by atoms with E-state index in [-0.39, 0.29) is 29.7 Å². The highest BCUT2D eigenvalue weighted by atomic mass is 19.1. The van der Waals surface area contributed by atoms with Crippen LogP contribution in [-0.4, -0.2) is 33.9 Å². The van der Waals surface area contributed by atoms with Gasteiger partial charge in [0.1, 0.15) is 11.9 Å². The zero-order chi connectivity index (χ0) is 16.7. The van der Waals surface area contributed by atoms with Gasteiger partial charge in [0.25, 0.3) is 5.91 Å². The van der Waals surface area contributed by atoms with Crippen LogP contribution in [0.5, 0.6) is 0 Å². The lowest BCUT2D eigenvalue weighted by molar-refractivity contribution is -0.127. The van der Waals surface area contributed by atoms with Crippen molar-refractivity contribution in [2.45, 2.75) is 30.8 Å². The van der Waals surface area contributed by atoms with Crippen LogP contribution in [0, 0.1) is 5.82 Å². The molecule has 3 atom stereocenters. The molecule has 1 aromatic heterocycles. The third-order valence-corrected chi connectivity index (χ3v) is 4.61. The minimum atomic E-state index is -0.548. The minimum absolute atomic E-state index is 0.0232. The van der Waals surface area contributed by atoms with Crippen LogP contribution in [0.2, 0.25) is 0 Å². The SMILES string of the molecule is O=C1NC(Cc2ccncc2)C(=O)N1C1CC1c1cccc(F)c1. The molecule has 1 saturated heterocycles. The van der Waals surface area contributed by atoms with Gasteiger partial charge in [-0.1, -0.05) is 12.1 Å². The maximum atomic E-state index is 13.4. The number of aromatic nitrogens is 1. The predicted molar refractivity (Wildman–Crippen MR) is 84.7 cm³/mol. The number of carbonyl (C=O) groups is 2. The fourth-order valence-electron chi connectivity index (χ4n) is 3.32. The molecule has 1 aliphatic heterocycles. The first-order valence-corrected chi connectivity index (χ1v) is 7.91. The van der Waals surface area contributed by atoms with Crippen molar-refractivity contribution in [1.82, 2.24) is 15.2 Å². The van der Waals surface area contributed by atoms with E-state index in [1.807, 2.05) is 18.2 Å². The van der Waals surface area contributed by atoms with Gasteiger partial charge >= 0.3 is 6.03 Å². The average molecular weight is 325 g/mol. The second-order valence-corrected chi connectivity index (χ2v) is 6.23. The Kier molecular flexibility index (Phi) is 3.52. The minimum Gasteiger partial charge on any atom is -0.325 e. The molecule has 2 heterocycles. The Morgan fingerprint density at radius 2 is 2.00 bits per heavy atom. The van der Waals surface area contributed by atoms with Crippen LogP contribution >= 0.6 is 0 Å². The van der Waals surface area contributed by atoms with Crippen LogP contribution in [-0.2, 0) is 11.2 Å². The summed E-state index contributed by atoms with van der Waals surface area (Å²) in [5, 5.41) is 2.75. The second kappa shape index (κ2) is 5.70. The number of carbonyl (C=O) groups excluding carboxylic acids is 2. The van der Waals surface area contributed by atoms with Crippen LogP contribution in [0.25, 0.3) is 0 Å². The number of amides is 3. The summed E-state index contributed by atoms with van der Waals surface area (Å²) in [7, 11) is 0. The van der Waals surface area contributed by atoms with E-state index in [4.69, 9.17) is 0 Å². The van der Waals surface area contributed by atoms with Gasteiger partial charge in [-0.2, -0.15) is 0 Å². The van der Waals surface area contributed by atoms with Crippen molar-refractivity contribution in [3.05, 3.63) is 65.7 Å². The van der Waals surface area contributed by atoms with Gasteiger partial charge in [0.05, 0.1) is 0 Å². The number of halogens is 1. The molecule has 2 fully saturated rings. The first-order valence-electron chi connectivity index (χ1n) is 7.91. The Balaban J connectivity index is 1.47. The highest BCUT2D eigenvalue weighted by Gasteiger charge is 2.52. The first kappa shape index (κ1) is 14.8. The third kappa shape index (κ3) is 2.64. The Morgan fingerprint density at radius 3 is 2.75 bits per heavy atom. The number of hydrogen-bond donors (Lipinski definition) is 1. The molecule has 6 heteroatoms. The normalized spacial score (nSPS) is 25.7. The van der Waals surface area contributed by atoms with E-state index in [1.165, 1.54) is 17.0 Å². The fraction of sp³-hybridized carbons (Fsp3) is 0.278. The highest BCUT2D eigenvalue weighted by molar-refractivity contribution is 6.05. The molecule has 4 rings (SSSR count). The smallest absolute Gasteiger partial charge is 0.325 e. The number of pyridine rings is 1. The van der Waals surface area contributed by atoms with Gasteiger partial charge in [-0.05, 0) is 41.8 Å². The van der Waals surface area contributed by atoms with Crippen molar-refractivity contribution in [2.24, 2.45) is 0 Å². The van der Waals surface area contributed by atoms with E-state index < -0.39 is 6.04 Å². The van der Waals surface area contributed by atoms with Gasteiger partial charge in [-0.3, -0.25) is 14.7 Å². The summed E-state index contributed by atoms with van der Waals surface area (Å²) in [6.45, 7) is 0. The van der Waals surface area contributed by atoms with Crippen molar-refractivity contribution in [3.63, 3.8) is 0 Å². The van der Waals surface area contributed by atoms with E-state index in [1.54, 1.807) is 18.5 Å². The standard InChI is InChI=1S/C18H16FN3O2/c19-13-3-1-2-12(9-13)14-10-16(14)22-17(23)15(21-18(22)24)8-11-4-6-20-7-5-11/h1-7,9,14-16H,8,10H2,(H,21,24). The number of benzene rings is 1.